The Balaban J connectivity index is 1.73. The minimum atomic E-state index is -3.73. The second-order valence-electron chi connectivity index (χ2n) is 5.91. The summed E-state index contributed by atoms with van der Waals surface area (Å²) in [6.07, 6.45) is 0. The average Bonchev–Trinajstić information content (AvgIpc) is 3.26. The molecule has 7 nitrogen and oxygen atoms in total. The molecular weight excluding hydrogens is 388 g/mol. The molecule has 0 bridgehead atoms. The van der Waals surface area contributed by atoms with Crippen LogP contribution >= 0.6 is 11.3 Å². The molecular formula is C18H18N2O5S2. The van der Waals surface area contributed by atoms with Crippen molar-refractivity contribution in [1.29, 1.82) is 0 Å². The Hall–Kier alpha value is -2.78. The number of aromatic hydroxyl groups is 1. The molecule has 0 saturated carbocycles. The van der Waals surface area contributed by atoms with Gasteiger partial charge in [-0.2, -0.15) is 0 Å². The molecule has 1 aromatic carbocycles. The fourth-order valence-electron chi connectivity index (χ4n) is 2.44. The number of amides is 1. The van der Waals surface area contributed by atoms with Crippen LogP contribution in [0.15, 0.2) is 56.5 Å². The summed E-state index contributed by atoms with van der Waals surface area (Å²) in [5, 5.41) is 14.5. The molecule has 3 rings (SSSR count). The summed E-state index contributed by atoms with van der Waals surface area (Å²) in [5.74, 6) is 0.500. The molecule has 0 aliphatic carbocycles. The summed E-state index contributed by atoms with van der Waals surface area (Å²) in [6.45, 7) is 3.57. The Morgan fingerprint density at radius 3 is 2.59 bits per heavy atom. The Morgan fingerprint density at radius 1 is 1.22 bits per heavy atom. The van der Waals surface area contributed by atoms with E-state index in [2.05, 4.69) is 10.0 Å². The molecule has 1 unspecified atom stereocenters. The molecule has 9 heteroatoms. The first-order chi connectivity index (χ1) is 12.8. The van der Waals surface area contributed by atoms with Gasteiger partial charge < -0.3 is 14.8 Å². The number of carbonyl (C=O) groups excluding carboxylic acids is 1. The zero-order valence-corrected chi connectivity index (χ0v) is 16.2. The lowest BCUT2D eigenvalue weighted by Gasteiger charge is -2.13. The van der Waals surface area contributed by atoms with Crippen molar-refractivity contribution in [1.82, 2.24) is 5.32 Å². The normalized spacial score (nSPS) is 12.5. The second-order valence-corrected chi connectivity index (χ2v) is 8.77. The molecule has 142 valence electrons. The van der Waals surface area contributed by atoms with E-state index in [9.17, 15) is 18.3 Å². The molecule has 2 heterocycles. The maximum atomic E-state index is 12.4. The third-order valence-corrected chi connectivity index (χ3v) is 6.57. The largest absolute Gasteiger partial charge is 0.507 e. The summed E-state index contributed by atoms with van der Waals surface area (Å²) >= 11 is 1.08. The van der Waals surface area contributed by atoms with Gasteiger partial charge in [0.25, 0.3) is 15.9 Å². The molecule has 0 saturated heterocycles. The lowest BCUT2D eigenvalue weighted by atomic mass is 10.1. The molecule has 0 radical (unpaired) electrons. The van der Waals surface area contributed by atoms with Crippen molar-refractivity contribution in [3.05, 3.63) is 64.9 Å². The third kappa shape index (κ3) is 4.32. The maximum absolute atomic E-state index is 12.4. The highest BCUT2D eigenvalue weighted by molar-refractivity contribution is 7.94. The van der Waals surface area contributed by atoms with E-state index in [1.54, 1.807) is 37.4 Å². The van der Waals surface area contributed by atoms with Gasteiger partial charge in [-0.1, -0.05) is 6.07 Å². The number of aryl methyl sites for hydroxylation is 1. The first-order valence-corrected chi connectivity index (χ1v) is 10.4. The zero-order valence-electron chi connectivity index (χ0n) is 14.6. The van der Waals surface area contributed by atoms with Crippen molar-refractivity contribution < 1.29 is 22.7 Å². The first kappa shape index (κ1) is 19.0. The molecule has 3 N–H and O–H groups in total. The van der Waals surface area contributed by atoms with Crippen molar-refractivity contribution in [3.8, 4) is 5.75 Å². The number of phenolic OH excluding ortho intramolecular Hbond substituents is 1. The van der Waals surface area contributed by atoms with Gasteiger partial charge in [-0.3, -0.25) is 9.52 Å². The monoisotopic (exact) mass is 406 g/mol. The van der Waals surface area contributed by atoms with Gasteiger partial charge in [0.2, 0.25) is 0 Å². The lowest BCUT2D eigenvalue weighted by Crippen LogP contribution is -2.26. The van der Waals surface area contributed by atoms with Gasteiger partial charge in [-0.05, 0) is 49.6 Å². The Morgan fingerprint density at radius 2 is 2.00 bits per heavy atom. The van der Waals surface area contributed by atoms with Gasteiger partial charge in [-0.15, -0.1) is 11.3 Å². The van der Waals surface area contributed by atoms with Crippen LogP contribution in [0.4, 0.5) is 5.69 Å². The van der Waals surface area contributed by atoms with E-state index in [0.717, 1.165) is 17.1 Å². The van der Waals surface area contributed by atoms with Crippen LogP contribution in [0.3, 0.4) is 0 Å². The third-order valence-electron chi connectivity index (χ3n) is 3.79. The van der Waals surface area contributed by atoms with Crippen LogP contribution in [0.5, 0.6) is 5.75 Å². The summed E-state index contributed by atoms with van der Waals surface area (Å²) in [4.78, 5) is 12.4. The average molecular weight is 406 g/mol. The fraction of sp³-hybridized carbons (Fsp3) is 0.167. The number of thiophene rings is 1. The topological polar surface area (TPSA) is 109 Å². The number of sulfonamides is 1. The molecule has 27 heavy (non-hydrogen) atoms. The van der Waals surface area contributed by atoms with Gasteiger partial charge in [0.05, 0.1) is 17.3 Å². The molecule has 1 amide bonds. The van der Waals surface area contributed by atoms with Crippen LogP contribution in [0.1, 0.15) is 34.8 Å². The standard InChI is InChI=1S/C18H18N2O5S2/c1-11-5-8-16(25-11)12(2)19-18(22)14-7-6-13(10-15(14)21)20-27(23,24)17-4-3-9-26-17/h3-10,12,20-21H,1-2H3,(H,19,22). The van der Waals surface area contributed by atoms with Crippen molar-refractivity contribution in [2.75, 3.05) is 4.72 Å². The fourth-order valence-corrected chi connectivity index (χ4v) is 4.48. The van der Waals surface area contributed by atoms with Gasteiger partial charge >= 0.3 is 0 Å². The predicted molar refractivity (Wildman–Crippen MR) is 103 cm³/mol. The SMILES string of the molecule is Cc1ccc(C(C)NC(=O)c2ccc(NS(=O)(=O)c3cccs3)cc2O)o1. The summed E-state index contributed by atoms with van der Waals surface area (Å²) in [5.41, 5.74) is 0.191. The number of rotatable bonds is 6. The lowest BCUT2D eigenvalue weighted by molar-refractivity contribution is 0.0932. The molecule has 0 aliphatic heterocycles. The minimum Gasteiger partial charge on any atom is -0.507 e. The number of hydrogen-bond donors (Lipinski definition) is 3. The van der Waals surface area contributed by atoms with Crippen molar-refractivity contribution in [3.63, 3.8) is 0 Å². The maximum Gasteiger partial charge on any atom is 0.271 e. The Bertz CT molecular complexity index is 1060. The number of phenols is 1. The van der Waals surface area contributed by atoms with Crippen LogP contribution in [0.2, 0.25) is 0 Å². The molecule has 0 spiro atoms. The smallest absolute Gasteiger partial charge is 0.271 e. The number of anilines is 1. The number of furan rings is 1. The van der Waals surface area contributed by atoms with E-state index in [1.165, 1.54) is 24.3 Å². The van der Waals surface area contributed by atoms with Gasteiger partial charge in [0, 0.05) is 6.07 Å². The Kier molecular flexibility index (Phi) is 5.24. The minimum absolute atomic E-state index is 0.0317. The molecule has 1 atom stereocenters. The van der Waals surface area contributed by atoms with Gasteiger partial charge in [0.1, 0.15) is 21.5 Å². The number of carbonyl (C=O) groups is 1. The van der Waals surface area contributed by atoms with E-state index in [1.807, 2.05) is 0 Å². The van der Waals surface area contributed by atoms with Crippen LogP contribution in [-0.4, -0.2) is 19.4 Å². The number of hydrogen-bond acceptors (Lipinski definition) is 6. The van der Waals surface area contributed by atoms with Crippen molar-refractivity contribution in [2.24, 2.45) is 0 Å². The highest BCUT2D eigenvalue weighted by Crippen LogP contribution is 2.26. The van der Waals surface area contributed by atoms with Gasteiger partial charge in [-0.25, -0.2) is 8.42 Å². The molecule has 3 aromatic rings. The highest BCUT2D eigenvalue weighted by atomic mass is 32.2. The predicted octanol–water partition coefficient (Wildman–Crippen LogP) is 3.65. The van der Waals surface area contributed by atoms with Crippen molar-refractivity contribution in [2.45, 2.75) is 24.1 Å². The van der Waals surface area contributed by atoms with E-state index < -0.39 is 15.9 Å². The number of benzene rings is 1. The molecule has 0 aliphatic rings. The number of nitrogens with one attached hydrogen (secondary N) is 2. The Labute approximate surface area is 160 Å². The summed E-state index contributed by atoms with van der Waals surface area (Å²) < 4.78 is 32.5. The van der Waals surface area contributed by atoms with Crippen LogP contribution in [0, 0.1) is 6.92 Å². The molecule has 2 aromatic heterocycles. The summed E-state index contributed by atoms with van der Waals surface area (Å²) in [7, 11) is -3.73. The molecule has 0 fully saturated rings. The van der Waals surface area contributed by atoms with E-state index in [4.69, 9.17) is 4.42 Å². The van der Waals surface area contributed by atoms with E-state index in [0.29, 0.717) is 5.76 Å². The van der Waals surface area contributed by atoms with Crippen LogP contribution < -0.4 is 10.0 Å². The quantitative estimate of drug-likeness (QED) is 0.579. The second kappa shape index (κ2) is 7.45. The van der Waals surface area contributed by atoms with E-state index >= 15 is 0 Å². The zero-order chi connectivity index (χ0) is 19.6. The highest BCUT2D eigenvalue weighted by Gasteiger charge is 2.19. The first-order valence-electron chi connectivity index (χ1n) is 8.03. The van der Waals surface area contributed by atoms with Gasteiger partial charge in [0.15, 0.2) is 0 Å². The van der Waals surface area contributed by atoms with Crippen LogP contribution in [-0.2, 0) is 10.0 Å². The summed E-state index contributed by atoms with van der Waals surface area (Å²) in [6, 6.07) is 10.3. The van der Waals surface area contributed by atoms with Crippen LogP contribution in [0.25, 0.3) is 0 Å². The van der Waals surface area contributed by atoms with Crippen molar-refractivity contribution >= 4 is 33.0 Å². The van der Waals surface area contributed by atoms with E-state index in [-0.39, 0.29) is 27.3 Å².